The van der Waals surface area contributed by atoms with Crippen LogP contribution in [0.3, 0.4) is 0 Å². The molecule has 2 N–H and O–H groups in total. The smallest absolute Gasteiger partial charge is 0.251 e. The molecular weight excluding hydrogens is 323 g/mol. The van der Waals surface area contributed by atoms with E-state index in [0.717, 1.165) is 0 Å². The number of ether oxygens (including phenoxy) is 1. The average Bonchev–Trinajstić information content (AvgIpc) is 2.61. The fourth-order valence-electron chi connectivity index (χ4n) is 2.33. The van der Waals surface area contributed by atoms with Crippen molar-refractivity contribution in [3.05, 3.63) is 65.5 Å². The summed E-state index contributed by atoms with van der Waals surface area (Å²) in [5.74, 6) is -0.462. The van der Waals surface area contributed by atoms with Crippen molar-refractivity contribution in [3.8, 4) is 5.75 Å². The molecule has 0 spiro atoms. The van der Waals surface area contributed by atoms with Crippen molar-refractivity contribution in [3.63, 3.8) is 0 Å². The summed E-state index contributed by atoms with van der Waals surface area (Å²) in [6.07, 6.45) is 0. The molecule has 0 aliphatic carbocycles. The van der Waals surface area contributed by atoms with Crippen LogP contribution in [0, 0.1) is 5.82 Å². The van der Waals surface area contributed by atoms with E-state index in [2.05, 4.69) is 10.6 Å². The number of nitrogens with one attached hydrogen (secondary N) is 2. The predicted molar refractivity (Wildman–Crippen MR) is 92.9 cm³/mol. The van der Waals surface area contributed by atoms with Crippen LogP contribution in [-0.2, 0) is 4.79 Å². The number of carbonyl (C=O) groups excluding carboxylic acids is 2. The van der Waals surface area contributed by atoms with E-state index in [1.165, 1.54) is 6.07 Å². The van der Waals surface area contributed by atoms with Crippen LogP contribution in [0.1, 0.15) is 35.8 Å². The minimum Gasteiger partial charge on any atom is -0.494 e. The number of hydrogen-bond donors (Lipinski definition) is 2. The van der Waals surface area contributed by atoms with Gasteiger partial charge in [-0.05, 0) is 44.2 Å². The van der Waals surface area contributed by atoms with Crippen molar-refractivity contribution in [1.82, 2.24) is 10.6 Å². The first-order chi connectivity index (χ1) is 12.0. The lowest BCUT2D eigenvalue weighted by molar-refractivity contribution is -0.120. The summed E-state index contributed by atoms with van der Waals surface area (Å²) in [5, 5.41) is 5.19. The molecule has 5 nitrogen and oxygen atoms in total. The average molecular weight is 344 g/mol. The fourth-order valence-corrected chi connectivity index (χ4v) is 2.33. The summed E-state index contributed by atoms with van der Waals surface area (Å²) >= 11 is 0. The van der Waals surface area contributed by atoms with Gasteiger partial charge in [0.05, 0.1) is 19.2 Å². The molecule has 0 radical (unpaired) electrons. The first-order valence-electron chi connectivity index (χ1n) is 8.06. The molecule has 1 unspecified atom stereocenters. The Balaban J connectivity index is 1.84. The van der Waals surface area contributed by atoms with Gasteiger partial charge in [0.25, 0.3) is 5.91 Å². The van der Waals surface area contributed by atoms with Crippen LogP contribution >= 0.6 is 0 Å². The van der Waals surface area contributed by atoms with Crippen LogP contribution in [0.25, 0.3) is 0 Å². The van der Waals surface area contributed by atoms with Crippen LogP contribution in [0.2, 0.25) is 0 Å². The summed E-state index contributed by atoms with van der Waals surface area (Å²) in [7, 11) is 0. The molecule has 0 bridgehead atoms. The van der Waals surface area contributed by atoms with Crippen molar-refractivity contribution in [2.24, 2.45) is 0 Å². The van der Waals surface area contributed by atoms with Gasteiger partial charge in [-0.2, -0.15) is 0 Å². The van der Waals surface area contributed by atoms with Crippen LogP contribution in [0.4, 0.5) is 4.39 Å². The second-order valence-electron chi connectivity index (χ2n) is 5.45. The molecular formula is C19H21FN2O3. The summed E-state index contributed by atoms with van der Waals surface area (Å²) in [6.45, 7) is 3.92. The van der Waals surface area contributed by atoms with Crippen molar-refractivity contribution < 1.29 is 18.7 Å². The van der Waals surface area contributed by atoms with Gasteiger partial charge in [-0.3, -0.25) is 9.59 Å². The Bertz CT molecular complexity index is 732. The van der Waals surface area contributed by atoms with Crippen molar-refractivity contribution in [2.75, 3.05) is 13.2 Å². The molecule has 0 aliphatic rings. The van der Waals surface area contributed by atoms with Gasteiger partial charge in [-0.1, -0.05) is 18.2 Å². The molecule has 0 heterocycles. The van der Waals surface area contributed by atoms with Gasteiger partial charge in [0.1, 0.15) is 11.6 Å². The molecule has 132 valence electrons. The maximum absolute atomic E-state index is 13.7. The standard InChI is InChI=1S/C19H21FN2O3/c1-3-25-15-10-8-14(9-11-15)19(24)21-12-18(23)22-13(2)16-6-4-5-7-17(16)20/h4-11,13H,3,12H2,1-2H3,(H,21,24)(H,22,23). The number of halogens is 1. The lowest BCUT2D eigenvalue weighted by Gasteiger charge is -2.15. The third-order valence-corrected chi connectivity index (χ3v) is 3.59. The van der Waals surface area contributed by atoms with E-state index in [4.69, 9.17) is 4.74 Å². The highest BCUT2D eigenvalue weighted by atomic mass is 19.1. The normalized spacial score (nSPS) is 11.5. The van der Waals surface area contributed by atoms with E-state index in [0.29, 0.717) is 23.5 Å². The number of rotatable bonds is 7. The minimum absolute atomic E-state index is 0.190. The zero-order valence-corrected chi connectivity index (χ0v) is 14.2. The molecule has 0 aromatic heterocycles. The lowest BCUT2D eigenvalue weighted by atomic mass is 10.1. The zero-order valence-electron chi connectivity index (χ0n) is 14.2. The minimum atomic E-state index is -0.490. The largest absolute Gasteiger partial charge is 0.494 e. The highest BCUT2D eigenvalue weighted by Crippen LogP contribution is 2.15. The van der Waals surface area contributed by atoms with Crippen LogP contribution in [-0.4, -0.2) is 25.0 Å². The van der Waals surface area contributed by atoms with Crippen LogP contribution in [0.5, 0.6) is 5.75 Å². The third kappa shape index (κ3) is 5.31. The Labute approximate surface area is 146 Å². The van der Waals surface area contributed by atoms with E-state index < -0.39 is 11.9 Å². The van der Waals surface area contributed by atoms with Gasteiger partial charge in [0.15, 0.2) is 0 Å². The number of amides is 2. The molecule has 2 rings (SSSR count). The SMILES string of the molecule is CCOc1ccc(C(=O)NCC(=O)NC(C)c2ccccc2F)cc1. The van der Waals surface area contributed by atoms with Gasteiger partial charge in [0, 0.05) is 11.1 Å². The maximum atomic E-state index is 13.7. The van der Waals surface area contributed by atoms with Gasteiger partial charge < -0.3 is 15.4 Å². The molecule has 2 aromatic carbocycles. The summed E-state index contributed by atoms with van der Waals surface area (Å²) < 4.78 is 19.0. The Hall–Kier alpha value is -2.89. The Morgan fingerprint density at radius 1 is 1.12 bits per heavy atom. The highest BCUT2D eigenvalue weighted by Gasteiger charge is 2.14. The number of carbonyl (C=O) groups is 2. The quantitative estimate of drug-likeness (QED) is 0.812. The molecule has 1 atom stereocenters. The van der Waals surface area contributed by atoms with E-state index in [1.807, 2.05) is 6.92 Å². The maximum Gasteiger partial charge on any atom is 0.251 e. The van der Waals surface area contributed by atoms with Gasteiger partial charge in [-0.15, -0.1) is 0 Å². The molecule has 0 saturated carbocycles. The van der Waals surface area contributed by atoms with E-state index >= 15 is 0 Å². The third-order valence-electron chi connectivity index (χ3n) is 3.59. The van der Waals surface area contributed by atoms with Gasteiger partial charge >= 0.3 is 0 Å². The monoisotopic (exact) mass is 344 g/mol. The van der Waals surface area contributed by atoms with Crippen molar-refractivity contribution in [1.29, 1.82) is 0 Å². The lowest BCUT2D eigenvalue weighted by Crippen LogP contribution is -2.38. The molecule has 0 saturated heterocycles. The van der Waals surface area contributed by atoms with Crippen molar-refractivity contribution in [2.45, 2.75) is 19.9 Å². The van der Waals surface area contributed by atoms with Gasteiger partial charge in [-0.25, -0.2) is 4.39 Å². The van der Waals surface area contributed by atoms with E-state index in [9.17, 15) is 14.0 Å². The number of hydrogen-bond acceptors (Lipinski definition) is 3. The second kappa shape index (κ2) is 8.82. The fraction of sp³-hybridized carbons (Fsp3) is 0.263. The van der Waals surface area contributed by atoms with Crippen LogP contribution in [0.15, 0.2) is 48.5 Å². The topological polar surface area (TPSA) is 67.4 Å². The Kier molecular flexibility index (Phi) is 6.51. The highest BCUT2D eigenvalue weighted by molar-refractivity contribution is 5.96. The van der Waals surface area contributed by atoms with E-state index in [-0.39, 0.29) is 18.3 Å². The molecule has 2 aromatic rings. The summed E-state index contributed by atoms with van der Waals surface area (Å²) in [4.78, 5) is 24.0. The van der Waals surface area contributed by atoms with E-state index in [1.54, 1.807) is 49.4 Å². The van der Waals surface area contributed by atoms with Crippen LogP contribution < -0.4 is 15.4 Å². The summed E-state index contributed by atoms with van der Waals surface area (Å²) in [5.41, 5.74) is 0.826. The molecule has 0 fully saturated rings. The molecule has 6 heteroatoms. The van der Waals surface area contributed by atoms with Crippen molar-refractivity contribution >= 4 is 11.8 Å². The molecule has 2 amide bonds. The van der Waals surface area contributed by atoms with Gasteiger partial charge in [0.2, 0.25) is 5.91 Å². The Morgan fingerprint density at radius 2 is 1.80 bits per heavy atom. The zero-order chi connectivity index (χ0) is 18.2. The molecule has 0 aliphatic heterocycles. The molecule has 25 heavy (non-hydrogen) atoms. The second-order valence-corrected chi connectivity index (χ2v) is 5.45. The first-order valence-corrected chi connectivity index (χ1v) is 8.06. The summed E-state index contributed by atoms with van der Waals surface area (Å²) in [6, 6.07) is 12.4. The number of benzene rings is 2. The predicted octanol–water partition coefficient (Wildman–Crippen LogP) is 2.83. The Morgan fingerprint density at radius 3 is 2.44 bits per heavy atom. The first kappa shape index (κ1) is 18.4.